The average Bonchev–Trinajstić information content (AvgIpc) is 2.62. The average molecular weight is 357 g/mol. The third kappa shape index (κ3) is 4.40. The standard InChI is InChI=1S/C20H21ClN2O2/c1-14-4-6-16(7-5-14)20(25)23-12-2-3-18(13-23)22-19(24)15-8-10-17(21)11-9-15/h4-11,18H,2-3,12-13H2,1H3,(H,22,24)/t18-/m1/s1. The maximum absolute atomic E-state index is 12.6. The smallest absolute Gasteiger partial charge is 0.253 e. The molecule has 1 heterocycles. The molecule has 4 nitrogen and oxygen atoms in total. The van der Waals surface area contributed by atoms with E-state index in [9.17, 15) is 9.59 Å². The van der Waals surface area contributed by atoms with Gasteiger partial charge in [0.2, 0.25) is 0 Å². The van der Waals surface area contributed by atoms with Gasteiger partial charge in [-0.3, -0.25) is 9.59 Å². The number of benzene rings is 2. The first-order chi connectivity index (χ1) is 12.0. The van der Waals surface area contributed by atoms with E-state index < -0.39 is 0 Å². The van der Waals surface area contributed by atoms with E-state index in [2.05, 4.69) is 5.32 Å². The molecule has 0 aromatic heterocycles. The van der Waals surface area contributed by atoms with Crippen molar-refractivity contribution in [3.8, 4) is 0 Å². The lowest BCUT2D eigenvalue weighted by Crippen LogP contribution is -2.49. The molecule has 1 aliphatic rings. The molecule has 3 rings (SSSR count). The summed E-state index contributed by atoms with van der Waals surface area (Å²) in [5.74, 6) is -0.114. The van der Waals surface area contributed by atoms with Crippen molar-refractivity contribution in [3.63, 3.8) is 0 Å². The molecule has 130 valence electrons. The molecular formula is C20H21ClN2O2. The van der Waals surface area contributed by atoms with Crippen LogP contribution in [0.2, 0.25) is 5.02 Å². The van der Waals surface area contributed by atoms with E-state index in [4.69, 9.17) is 11.6 Å². The van der Waals surface area contributed by atoms with Crippen molar-refractivity contribution >= 4 is 23.4 Å². The molecule has 1 aliphatic heterocycles. The van der Waals surface area contributed by atoms with Crippen LogP contribution in [-0.4, -0.2) is 35.8 Å². The van der Waals surface area contributed by atoms with Crippen LogP contribution in [-0.2, 0) is 0 Å². The molecule has 5 heteroatoms. The van der Waals surface area contributed by atoms with Crippen LogP contribution in [0.3, 0.4) is 0 Å². The lowest BCUT2D eigenvalue weighted by Gasteiger charge is -2.33. The molecule has 0 aliphatic carbocycles. The SMILES string of the molecule is Cc1ccc(C(=O)N2CCC[C@@H](NC(=O)c3ccc(Cl)cc3)C2)cc1. The summed E-state index contributed by atoms with van der Waals surface area (Å²) in [6.07, 6.45) is 1.75. The Kier molecular flexibility index (Phi) is 5.39. The zero-order chi connectivity index (χ0) is 17.8. The molecule has 0 spiro atoms. The first-order valence-electron chi connectivity index (χ1n) is 8.45. The van der Waals surface area contributed by atoms with Crippen molar-refractivity contribution in [1.29, 1.82) is 0 Å². The first kappa shape index (κ1) is 17.5. The Hall–Kier alpha value is -2.33. The van der Waals surface area contributed by atoms with Gasteiger partial charge < -0.3 is 10.2 Å². The minimum absolute atomic E-state index is 0.0189. The topological polar surface area (TPSA) is 49.4 Å². The number of hydrogen-bond acceptors (Lipinski definition) is 2. The zero-order valence-electron chi connectivity index (χ0n) is 14.2. The number of piperidine rings is 1. The van der Waals surface area contributed by atoms with Gasteiger partial charge in [0.05, 0.1) is 0 Å². The van der Waals surface area contributed by atoms with Gasteiger partial charge in [0.1, 0.15) is 0 Å². The second-order valence-corrected chi connectivity index (χ2v) is 6.87. The highest BCUT2D eigenvalue weighted by Gasteiger charge is 2.25. The number of rotatable bonds is 3. The molecular weight excluding hydrogens is 336 g/mol. The van der Waals surface area contributed by atoms with E-state index in [0.717, 1.165) is 24.9 Å². The van der Waals surface area contributed by atoms with Gasteiger partial charge >= 0.3 is 0 Å². The predicted octanol–water partition coefficient (Wildman–Crippen LogP) is 3.68. The maximum Gasteiger partial charge on any atom is 0.253 e. The maximum atomic E-state index is 12.6. The zero-order valence-corrected chi connectivity index (χ0v) is 14.9. The molecule has 2 aromatic carbocycles. The van der Waals surface area contributed by atoms with Crippen molar-refractivity contribution in [2.45, 2.75) is 25.8 Å². The fourth-order valence-corrected chi connectivity index (χ4v) is 3.15. The number of carbonyl (C=O) groups excluding carboxylic acids is 2. The van der Waals surface area contributed by atoms with Gasteiger partial charge in [-0.2, -0.15) is 0 Å². The molecule has 2 amide bonds. The molecule has 0 saturated carbocycles. The number of halogens is 1. The fraction of sp³-hybridized carbons (Fsp3) is 0.300. The van der Waals surface area contributed by atoms with E-state index in [-0.39, 0.29) is 17.9 Å². The Bertz CT molecular complexity index is 756. The summed E-state index contributed by atoms with van der Waals surface area (Å²) in [6, 6.07) is 14.4. The molecule has 25 heavy (non-hydrogen) atoms. The second kappa shape index (κ2) is 7.70. The van der Waals surface area contributed by atoms with Crippen molar-refractivity contribution in [2.24, 2.45) is 0 Å². The summed E-state index contributed by atoms with van der Waals surface area (Å²) < 4.78 is 0. The highest BCUT2D eigenvalue weighted by Crippen LogP contribution is 2.16. The van der Waals surface area contributed by atoms with E-state index >= 15 is 0 Å². The second-order valence-electron chi connectivity index (χ2n) is 6.44. The van der Waals surface area contributed by atoms with Crippen LogP contribution in [0.1, 0.15) is 39.1 Å². The third-order valence-electron chi connectivity index (χ3n) is 4.45. The number of nitrogens with one attached hydrogen (secondary N) is 1. The number of nitrogens with zero attached hydrogens (tertiary/aromatic N) is 1. The quantitative estimate of drug-likeness (QED) is 0.911. The monoisotopic (exact) mass is 356 g/mol. The van der Waals surface area contributed by atoms with Crippen molar-refractivity contribution in [1.82, 2.24) is 10.2 Å². The number of carbonyl (C=O) groups is 2. The van der Waals surface area contributed by atoms with Crippen molar-refractivity contribution in [2.75, 3.05) is 13.1 Å². The first-order valence-corrected chi connectivity index (χ1v) is 8.83. The summed E-state index contributed by atoms with van der Waals surface area (Å²) in [6.45, 7) is 3.25. The van der Waals surface area contributed by atoms with Crippen LogP contribution >= 0.6 is 11.6 Å². The lowest BCUT2D eigenvalue weighted by atomic mass is 10.0. The summed E-state index contributed by atoms with van der Waals surface area (Å²) in [5.41, 5.74) is 2.39. The minimum atomic E-state index is -0.133. The van der Waals surface area contributed by atoms with Gasteiger partial charge in [0.25, 0.3) is 11.8 Å². The Morgan fingerprint density at radius 2 is 1.68 bits per heavy atom. The van der Waals surface area contributed by atoms with Gasteiger partial charge in [0, 0.05) is 35.3 Å². The number of amides is 2. The number of aryl methyl sites for hydroxylation is 1. The highest BCUT2D eigenvalue weighted by atomic mass is 35.5. The summed E-state index contributed by atoms with van der Waals surface area (Å²) in [4.78, 5) is 26.8. The van der Waals surface area contributed by atoms with Gasteiger partial charge in [-0.15, -0.1) is 0 Å². The van der Waals surface area contributed by atoms with Crippen LogP contribution in [0.4, 0.5) is 0 Å². The molecule has 0 unspecified atom stereocenters. The number of likely N-dealkylation sites (tertiary alicyclic amines) is 1. The number of hydrogen-bond donors (Lipinski definition) is 1. The minimum Gasteiger partial charge on any atom is -0.348 e. The molecule has 1 atom stereocenters. The largest absolute Gasteiger partial charge is 0.348 e. The van der Waals surface area contributed by atoms with E-state index in [1.165, 1.54) is 0 Å². The van der Waals surface area contributed by atoms with Gasteiger partial charge in [-0.1, -0.05) is 29.3 Å². The summed E-state index contributed by atoms with van der Waals surface area (Å²) >= 11 is 5.85. The highest BCUT2D eigenvalue weighted by molar-refractivity contribution is 6.30. The van der Waals surface area contributed by atoms with Crippen LogP contribution in [0.5, 0.6) is 0 Å². The van der Waals surface area contributed by atoms with E-state index in [0.29, 0.717) is 22.7 Å². The fourth-order valence-electron chi connectivity index (χ4n) is 3.03. The molecule has 2 aromatic rings. The van der Waals surface area contributed by atoms with Crippen molar-refractivity contribution < 1.29 is 9.59 Å². The van der Waals surface area contributed by atoms with Gasteiger partial charge in [-0.05, 0) is 56.2 Å². The third-order valence-corrected chi connectivity index (χ3v) is 4.70. The molecule has 0 radical (unpaired) electrons. The van der Waals surface area contributed by atoms with E-state index in [1.54, 1.807) is 24.3 Å². The Morgan fingerprint density at radius 1 is 1.04 bits per heavy atom. The Balaban J connectivity index is 1.62. The predicted molar refractivity (Wildman–Crippen MR) is 99.0 cm³/mol. The van der Waals surface area contributed by atoms with Gasteiger partial charge in [-0.25, -0.2) is 0 Å². The summed E-state index contributed by atoms with van der Waals surface area (Å²) in [5, 5.41) is 3.63. The van der Waals surface area contributed by atoms with Crippen LogP contribution in [0, 0.1) is 6.92 Å². The Morgan fingerprint density at radius 3 is 2.36 bits per heavy atom. The normalized spacial score (nSPS) is 17.2. The lowest BCUT2D eigenvalue weighted by molar-refractivity contribution is 0.0676. The molecule has 1 saturated heterocycles. The van der Waals surface area contributed by atoms with Crippen LogP contribution in [0.25, 0.3) is 0 Å². The van der Waals surface area contributed by atoms with Gasteiger partial charge in [0.15, 0.2) is 0 Å². The molecule has 1 fully saturated rings. The summed E-state index contributed by atoms with van der Waals surface area (Å²) in [7, 11) is 0. The molecule has 0 bridgehead atoms. The van der Waals surface area contributed by atoms with Crippen LogP contribution < -0.4 is 5.32 Å². The molecule has 1 N–H and O–H groups in total. The van der Waals surface area contributed by atoms with E-state index in [1.807, 2.05) is 36.1 Å². The van der Waals surface area contributed by atoms with Crippen LogP contribution in [0.15, 0.2) is 48.5 Å². The van der Waals surface area contributed by atoms with Crippen molar-refractivity contribution in [3.05, 3.63) is 70.2 Å². The Labute approximate surface area is 152 Å².